The lowest BCUT2D eigenvalue weighted by Crippen LogP contribution is -2.19. The van der Waals surface area contributed by atoms with Gasteiger partial charge >= 0.3 is 5.97 Å². The lowest BCUT2D eigenvalue weighted by molar-refractivity contribution is -0.138. The standard InChI is InChI=1S/C14H18FNO2/c1-10(14(17)18)11-4-5-12(13(15)8-11)9-16-6-2-3-7-16/h4-5,8,10H,2-3,6-7,9H2,1H3,(H,17,18). The van der Waals surface area contributed by atoms with Gasteiger partial charge in [0.25, 0.3) is 0 Å². The number of likely N-dealkylation sites (tertiary alicyclic amines) is 1. The van der Waals surface area contributed by atoms with E-state index in [9.17, 15) is 9.18 Å². The maximum Gasteiger partial charge on any atom is 0.310 e. The minimum Gasteiger partial charge on any atom is -0.481 e. The largest absolute Gasteiger partial charge is 0.481 e. The summed E-state index contributed by atoms with van der Waals surface area (Å²) < 4.78 is 13.9. The zero-order valence-corrected chi connectivity index (χ0v) is 10.5. The van der Waals surface area contributed by atoms with Crippen LogP contribution in [0.2, 0.25) is 0 Å². The molecule has 1 aliphatic heterocycles. The minimum atomic E-state index is -0.929. The summed E-state index contributed by atoms with van der Waals surface area (Å²) in [7, 11) is 0. The lowest BCUT2D eigenvalue weighted by Gasteiger charge is -2.16. The van der Waals surface area contributed by atoms with Gasteiger partial charge in [-0.05, 0) is 44.5 Å². The summed E-state index contributed by atoms with van der Waals surface area (Å²) in [5, 5.41) is 8.89. The van der Waals surface area contributed by atoms with Gasteiger partial charge in [0.1, 0.15) is 5.82 Å². The zero-order valence-electron chi connectivity index (χ0n) is 10.5. The Morgan fingerprint density at radius 1 is 1.44 bits per heavy atom. The van der Waals surface area contributed by atoms with E-state index in [0.29, 0.717) is 17.7 Å². The quantitative estimate of drug-likeness (QED) is 0.894. The third-order valence-corrected chi connectivity index (χ3v) is 3.54. The van der Waals surface area contributed by atoms with E-state index in [4.69, 9.17) is 5.11 Å². The molecule has 0 aromatic heterocycles. The fourth-order valence-corrected chi connectivity index (χ4v) is 2.29. The summed E-state index contributed by atoms with van der Waals surface area (Å²) in [5.74, 6) is -1.89. The van der Waals surface area contributed by atoms with Gasteiger partial charge in [0.15, 0.2) is 0 Å². The molecule has 1 N–H and O–H groups in total. The summed E-state index contributed by atoms with van der Waals surface area (Å²) in [6.07, 6.45) is 2.35. The Morgan fingerprint density at radius 3 is 2.67 bits per heavy atom. The molecule has 0 spiro atoms. The molecule has 1 aliphatic rings. The van der Waals surface area contributed by atoms with Crippen LogP contribution in [0.15, 0.2) is 18.2 Å². The Morgan fingerprint density at radius 2 is 2.11 bits per heavy atom. The van der Waals surface area contributed by atoms with Gasteiger partial charge in [-0.1, -0.05) is 12.1 Å². The molecule has 1 saturated heterocycles. The van der Waals surface area contributed by atoms with Gasteiger partial charge in [0.2, 0.25) is 0 Å². The van der Waals surface area contributed by atoms with Crippen molar-refractivity contribution >= 4 is 5.97 Å². The second kappa shape index (κ2) is 5.48. The van der Waals surface area contributed by atoms with Crippen molar-refractivity contribution in [1.29, 1.82) is 0 Å². The van der Waals surface area contributed by atoms with E-state index in [-0.39, 0.29) is 5.82 Å². The molecule has 0 bridgehead atoms. The van der Waals surface area contributed by atoms with Gasteiger partial charge in [-0.15, -0.1) is 0 Å². The second-order valence-corrected chi connectivity index (χ2v) is 4.89. The first-order chi connectivity index (χ1) is 8.58. The van der Waals surface area contributed by atoms with E-state index in [2.05, 4.69) is 4.90 Å². The molecule has 0 radical (unpaired) electrons. The number of rotatable bonds is 4. The first-order valence-electron chi connectivity index (χ1n) is 6.31. The lowest BCUT2D eigenvalue weighted by atomic mass is 9.99. The van der Waals surface area contributed by atoms with Crippen LogP contribution in [-0.2, 0) is 11.3 Å². The van der Waals surface area contributed by atoms with Crippen molar-refractivity contribution in [2.45, 2.75) is 32.2 Å². The third-order valence-electron chi connectivity index (χ3n) is 3.54. The summed E-state index contributed by atoms with van der Waals surface area (Å²) in [6.45, 7) is 4.23. The molecule has 0 aliphatic carbocycles. The first kappa shape index (κ1) is 13.0. The molecule has 18 heavy (non-hydrogen) atoms. The van der Waals surface area contributed by atoms with Crippen LogP contribution >= 0.6 is 0 Å². The van der Waals surface area contributed by atoms with Gasteiger partial charge in [0, 0.05) is 12.1 Å². The van der Waals surface area contributed by atoms with Crippen molar-refractivity contribution in [2.75, 3.05) is 13.1 Å². The Balaban J connectivity index is 2.11. The molecule has 1 aromatic carbocycles. The van der Waals surface area contributed by atoms with Crippen molar-refractivity contribution in [3.8, 4) is 0 Å². The molecule has 98 valence electrons. The fourth-order valence-electron chi connectivity index (χ4n) is 2.29. The van der Waals surface area contributed by atoms with Crippen LogP contribution < -0.4 is 0 Å². The Bertz CT molecular complexity index is 441. The van der Waals surface area contributed by atoms with Crippen LogP contribution in [0.25, 0.3) is 0 Å². The molecule has 1 fully saturated rings. The van der Waals surface area contributed by atoms with Crippen molar-refractivity contribution in [1.82, 2.24) is 4.90 Å². The summed E-state index contributed by atoms with van der Waals surface area (Å²) in [5.41, 5.74) is 1.17. The number of halogens is 1. The van der Waals surface area contributed by atoms with Gasteiger partial charge < -0.3 is 5.11 Å². The predicted octanol–water partition coefficient (Wildman–Crippen LogP) is 2.61. The van der Waals surface area contributed by atoms with Gasteiger partial charge in [-0.3, -0.25) is 9.69 Å². The monoisotopic (exact) mass is 251 g/mol. The van der Waals surface area contributed by atoms with Crippen LogP contribution in [0, 0.1) is 5.82 Å². The van der Waals surface area contributed by atoms with Gasteiger partial charge in [0.05, 0.1) is 5.92 Å². The minimum absolute atomic E-state index is 0.299. The number of benzene rings is 1. The van der Waals surface area contributed by atoms with Crippen molar-refractivity contribution < 1.29 is 14.3 Å². The van der Waals surface area contributed by atoms with Crippen molar-refractivity contribution in [3.63, 3.8) is 0 Å². The normalized spacial score (nSPS) is 17.9. The summed E-state index contributed by atoms with van der Waals surface area (Å²) >= 11 is 0. The highest BCUT2D eigenvalue weighted by molar-refractivity contribution is 5.75. The van der Waals surface area contributed by atoms with Crippen molar-refractivity contribution in [2.24, 2.45) is 0 Å². The molecule has 1 heterocycles. The molecule has 2 rings (SSSR count). The highest BCUT2D eigenvalue weighted by Crippen LogP contribution is 2.21. The maximum atomic E-state index is 13.9. The number of aliphatic carboxylic acids is 1. The third kappa shape index (κ3) is 2.88. The van der Waals surface area contributed by atoms with Crippen LogP contribution in [0.5, 0.6) is 0 Å². The molecular weight excluding hydrogens is 233 g/mol. The highest BCUT2D eigenvalue weighted by Gasteiger charge is 2.17. The molecule has 4 heteroatoms. The predicted molar refractivity (Wildman–Crippen MR) is 67.0 cm³/mol. The van der Waals surface area contributed by atoms with Crippen molar-refractivity contribution in [3.05, 3.63) is 35.1 Å². The Kier molecular flexibility index (Phi) is 3.97. The summed E-state index contributed by atoms with van der Waals surface area (Å²) in [6, 6.07) is 4.78. The van der Waals surface area contributed by atoms with Gasteiger partial charge in [-0.25, -0.2) is 4.39 Å². The van der Waals surface area contributed by atoms with Crippen LogP contribution in [0.4, 0.5) is 4.39 Å². The van der Waals surface area contributed by atoms with E-state index < -0.39 is 11.9 Å². The number of hydrogen-bond acceptors (Lipinski definition) is 2. The topological polar surface area (TPSA) is 40.5 Å². The number of nitrogens with zero attached hydrogens (tertiary/aromatic N) is 1. The van der Waals surface area contributed by atoms with Crippen LogP contribution in [0.1, 0.15) is 36.8 Å². The smallest absolute Gasteiger partial charge is 0.310 e. The second-order valence-electron chi connectivity index (χ2n) is 4.89. The number of hydrogen-bond donors (Lipinski definition) is 1. The molecule has 3 nitrogen and oxygen atoms in total. The van der Waals surface area contributed by atoms with Gasteiger partial charge in [-0.2, -0.15) is 0 Å². The van der Waals surface area contributed by atoms with Crippen LogP contribution in [-0.4, -0.2) is 29.1 Å². The molecule has 1 aromatic rings. The van der Waals surface area contributed by atoms with E-state index in [1.165, 1.54) is 18.9 Å². The SMILES string of the molecule is CC(C(=O)O)c1ccc(CN2CCCC2)c(F)c1. The fraction of sp³-hybridized carbons (Fsp3) is 0.500. The van der Waals surface area contributed by atoms with E-state index in [0.717, 1.165) is 13.1 Å². The molecule has 1 atom stereocenters. The zero-order chi connectivity index (χ0) is 13.1. The van der Waals surface area contributed by atoms with E-state index in [1.54, 1.807) is 19.1 Å². The average molecular weight is 251 g/mol. The summed E-state index contributed by atoms with van der Waals surface area (Å²) in [4.78, 5) is 13.1. The number of carboxylic acids is 1. The first-order valence-corrected chi connectivity index (χ1v) is 6.31. The Hall–Kier alpha value is -1.42. The van der Waals surface area contributed by atoms with E-state index >= 15 is 0 Å². The molecular formula is C14H18FNO2. The Labute approximate surface area is 106 Å². The number of carboxylic acid groups (broad SMARTS) is 1. The molecule has 0 amide bonds. The van der Waals surface area contributed by atoms with E-state index in [1.807, 2.05) is 0 Å². The highest BCUT2D eigenvalue weighted by atomic mass is 19.1. The molecule has 1 unspecified atom stereocenters. The maximum absolute atomic E-state index is 13.9. The van der Waals surface area contributed by atoms with Crippen LogP contribution in [0.3, 0.4) is 0 Å². The molecule has 0 saturated carbocycles. The number of carbonyl (C=O) groups is 1. The average Bonchev–Trinajstić information content (AvgIpc) is 2.83.